The van der Waals surface area contributed by atoms with Gasteiger partial charge in [-0.3, -0.25) is 0 Å². The Balaban J connectivity index is 2.26. The molecule has 0 bridgehead atoms. The molecule has 2 rings (SSSR count). The average molecular weight is 305 g/mol. The van der Waals surface area contributed by atoms with E-state index in [1.165, 1.54) is 12.3 Å². The molecule has 3 nitrogen and oxygen atoms in total. The van der Waals surface area contributed by atoms with Crippen LogP contribution in [0.25, 0.3) is 5.57 Å². The molecule has 0 aliphatic heterocycles. The maximum absolute atomic E-state index is 9.68. The Morgan fingerprint density at radius 2 is 1.75 bits per heavy atom. The number of halogens is 2. The molecule has 0 spiro atoms. The van der Waals surface area contributed by atoms with Crippen molar-refractivity contribution in [1.82, 2.24) is 0 Å². The van der Waals surface area contributed by atoms with Gasteiger partial charge >= 0.3 is 0 Å². The van der Waals surface area contributed by atoms with Crippen molar-refractivity contribution in [3.8, 4) is 11.8 Å². The number of hydrogen-bond donors (Lipinski definition) is 2. The fourth-order valence-electron chi connectivity index (χ4n) is 1.58. The third kappa shape index (κ3) is 3.45. The summed E-state index contributed by atoms with van der Waals surface area (Å²) >= 11 is 11.7. The number of phenolic OH excluding ortho intramolecular Hbond substituents is 1. The Hall–Kier alpha value is -2.15. The van der Waals surface area contributed by atoms with E-state index in [0.717, 1.165) is 5.56 Å². The first kappa shape index (κ1) is 14.3. The van der Waals surface area contributed by atoms with E-state index in [0.29, 0.717) is 21.3 Å². The number of rotatable bonds is 3. The third-order valence-corrected chi connectivity index (χ3v) is 3.09. The summed E-state index contributed by atoms with van der Waals surface area (Å²) in [5.74, 6) is 0.0547. The molecule has 0 radical (unpaired) electrons. The topological polar surface area (TPSA) is 56.0 Å². The maximum Gasteiger partial charge on any atom is 0.139 e. The number of benzene rings is 2. The molecule has 0 atom stereocenters. The first-order chi connectivity index (χ1) is 9.60. The van der Waals surface area contributed by atoms with Crippen molar-refractivity contribution in [3.05, 3.63) is 64.3 Å². The predicted octanol–water partition coefficient (Wildman–Crippen LogP) is 4.68. The Bertz CT molecular complexity index is 688. The van der Waals surface area contributed by atoms with Gasteiger partial charge in [0.05, 0.1) is 11.3 Å². The second kappa shape index (κ2) is 6.33. The molecule has 0 saturated heterocycles. The predicted molar refractivity (Wildman–Crippen MR) is 81.8 cm³/mol. The van der Waals surface area contributed by atoms with E-state index in [-0.39, 0.29) is 5.75 Å². The van der Waals surface area contributed by atoms with E-state index in [2.05, 4.69) is 11.4 Å². The molecule has 2 aromatic rings. The zero-order valence-corrected chi connectivity index (χ0v) is 11.8. The summed E-state index contributed by atoms with van der Waals surface area (Å²) in [5.41, 5.74) is 1.58. The minimum Gasteiger partial charge on any atom is -0.506 e. The normalized spacial score (nSPS) is 10.9. The van der Waals surface area contributed by atoms with Crippen LogP contribution in [-0.4, -0.2) is 5.11 Å². The standard InChI is InChI=1S/C15H10Cl2N2O/c16-12-3-1-10(2-4-12)11(8-18)9-19-14-7-13(17)5-6-15(14)20/h1-7,9,19-20H. The van der Waals surface area contributed by atoms with Gasteiger partial charge in [-0.2, -0.15) is 5.26 Å². The van der Waals surface area contributed by atoms with E-state index in [1.54, 1.807) is 36.4 Å². The minimum absolute atomic E-state index is 0.0547. The first-order valence-corrected chi connectivity index (χ1v) is 6.47. The quantitative estimate of drug-likeness (QED) is 0.639. The fraction of sp³-hybridized carbons (Fsp3) is 0. The molecule has 2 N–H and O–H groups in total. The zero-order chi connectivity index (χ0) is 14.5. The molecule has 0 saturated carbocycles. The largest absolute Gasteiger partial charge is 0.506 e. The van der Waals surface area contributed by atoms with Crippen LogP contribution in [-0.2, 0) is 0 Å². The van der Waals surface area contributed by atoms with Crippen LogP contribution in [0.4, 0.5) is 5.69 Å². The number of aromatic hydroxyl groups is 1. The van der Waals surface area contributed by atoms with E-state index in [1.807, 2.05) is 0 Å². The van der Waals surface area contributed by atoms with Crippen molar-refractivity contribution in [2.24, 2.45) is 0 Å². The second-order valence-electron chi connectivity index (χ2n) is 3.98. The van der Waals surface area contributed by atoms with Crippen LogP contribution in [0.5, 0.6) is 5.75 Å². The molecular weight excluding hydrogens is 295 g/mol. The van der Waals surface area contributed by atoms with Crippen LogP contribution in [0.3, 0.4) is 0 Å². The Morgan fingerprint density at radius 3 is 2.40 bits per heavy atom. The lowest BCUT2D eigenvalue weighted by atomic mass is 10.1. The van der Waals surface area contributed by atoms with E-state index < -0.39 is 0 Å². The number of hydrogen-bond acceptors (Lipinski definition) is 3. The number of nitriles is 1. The molecule has 5 heteroatoms. The highest BCUT2D eigenvalue weighted by atomic mass is 35.5. The van der Waals surface area contributed by atoms with Gasteiger partial charge in [-0.25, -0.2) is 0 Å². The van der Waals surface area contributed by atoms with Gasteiger partial charge in [0.2, 0.25) is 0 Å². The van der Waals surface area contributed by atoms with Crippen molar-refractivity contribution >= 4 is 34.5 Å². The van der Waals surface area contributed by atoms with Crippen LogP contribution in [0.1, 0.15) is 5.56 Å². The second-order valence-corrected chi connectivity index (χ2v) is 4.86. The molecule has 0 unspecified atom stereocenters. The molecular formula is C15H10Cl2N2O. The smallest absolute Gasteiger partial charge is 0.139 e. The van der Waals surface area contributed by atoms with Crippen LogP contribution < -0.4 is 5.32 Å². The van der Waals surface area contributed by atoms with Gasteiger partial charge in [0.1, 0.15) is 11.8 Å². The summed E-state index contributed by atoms with van der Waals surface area (Å²) in [4.78, 5) is 0. The lowest BCUT2D eigenvalue weighted by Crippen LogP contribution is -1.91. The Kier molecular flexibility index (Phi) is 4.52. The number of anilines is 1. The van der Waals surface area contributed by atoms with Crippen LogP contribution in [0.2, 0.25) is 10.0 Å². The van der Waals surface area contributed by atoms with Gasteiger partial charge in [-0.1, -0.05) is 35.3 Å². The summed E-state index contributed by atoms with van der Waals surface area (Å²) in [5, 5.41) is 22.8. The molecule has 0 aliphatic rings. The van der Waals surface area contributed by atoms with Crippen molar-refractivity contribution in [2.45, 2.75) is 0 Å². The summed E-state index contributed by atoms with van der Waals surface area (Å²) in [6.45, 7) is 0. The monoisotopic (exact) mass is 304 g/mol. The van der Waals surface area contributed by atoms with Gasteiger partial charge in [0.25, 0.3) is 0 Å². The lowest BCUT2D eigenvalue weighted by molar-refractivity contribution is 0.478. The number of allylic oxidation sites excluding steroid dienone is 1. The first-order valence-electron chi connectivity index (χ1n) is 5.71. The van der Waals surface area contributed by atoms with Gasteiger partial charge < -0.3 is 10.4 Å². The fourth-order valence-corrected chi connectivity index (χ4v) is 1.88. The number of nitrogens with one attached hydrogen (secondary N) is 1. The lowest BCUT2D eigenvalue weighted by Gasteiger charge is -2.06. The molecule has 100 valence electrons. The van der Waals surface area contributed by atoms with Crippen LogP contribution in [0.15, 0.2) is 48.7 Å². The average Bonchev–Trinajstić information content (AvgIpc) is 2.45. The molecule has 0 heterocycles. The van der Waals surface area contributed by atoms with Crippen LogP contribution in [0, 0.1) is 11.3 Å². The Labute approximate surface area is 126 Å². The van der Waals surface area contributed by atoms with Crippen molar-refractivity contribution in [3.63, 3.8) is 0 Å². The summed E-state index contributed by atoms with van der Waals surface area (Å²) < 4.78 is 0. The zero-order valence-electron chi connectivity index (χ0n) is 10.3. The van der Waals surface area contributed by atoms with Crippen LogP contribution >= 0.6 is 23.2 Å². The van der Waals surface area contributed by atoms with Gasteiger partial charge in [0.15, 0.2) is 0 Å². The van der Waals surface area contributed by atoms with Gasteiger partial charge in [-0.15, -0.1) is 0 Å². The highest BCUT2D eigenvalue weighted by Crippen LogP contribution is 2.27. The number of phenols is 1. The van der Waals surface area contributed by atoms with Gasteiger partial charge in [0, 0.05) is 16.2 Å². The summed E-state index contributed by atoms with van der Waals surface area (Å²) in [7, 11) is 0. The SMILES string of the molecule is N#CC(=CNc1cc(Cl)ccc1O)c1ccc(Cl)cc1. The molecule has 0 fully saturated rings. The third-order valence-electron chi connectivity index (χ3n) is 2.61. The molecule has 2 aromatic carbocycles. The number of nitrogens with zero attached hydrogens (tertiary/aromatic N) is 1. The molecule has 0 aromatic heterocycles. The molecule has 0 aliphatic carbocycles. The van der Waals surface area contributed by atoms with E-state index in [4.69, 9.17) is 23.2 Å². The Morgan fingerprint density at radius 1 is 1.10 bits per heavy atom. The highest BCUT2D eigenvalue weighted by Gasteiger charge is 2.03. The van der Waals surface area contributed by atoms with Crippen molar-refractivity contribution in [1.29, 1.82) is 5.26 Å². The molecule has 0 amide bonds. The van der Waals surface area contributed by atoms with E-state index >= 15 is 0 Å². The highest BCUT2D eigenvalue weighted by molar-refractivity contribution is 6.31. The van der Waals surface area contributed by atoms with Crippen molar-refractivity contribution < 1.29 is 5.11 Å². The van der Waals surface area contributed by atoms with Crippen molar-refractivity contribution in [2.75, 3.05) is 5.32 Å². The van der Waals surface area contributed by atoms with E-state index in [9.17, 15) is 10.4 Å². The summed E-state index contributed by atoms with van der Waals surface area (Å²) in [6.07, 6.45) is 1.51. The summed E-state index contributed by atoms with van der Waals surface area (Å²) in [6, 6.07) is 13.6. The van der Waals surface area contributed by atoms with Gasteiger partial charge in [-0.05, 0) is 35.9 Å². The maximum atomic E-state index is 9.68. The molecule has 20 heavy (non-hydrogen) atoms. The minimum atomic E-state index is 0.0547.